The molecule has 26 heavy (non-hydrogen) atoms. The Balaban J connectivity index is 1.82. The largest absolute Gasteiger partial charge is 0.311 e. The Labute approximate surface area is 155 Å². The Bertz CT molecular complexity index is 1130. The minimum absolute atomic E-state index is 0.224. The highest BCUT2D eigenvalue weighted by Crippen LogP contribution is 2.28. The van der Waals surface area contributed by atoms with Crippen LogP contribution in [0, 0.1) is 13.8 Å². The van der Waals surface area contributed by atoms with Gasteiger partial charge in [0.2, 0.25) is 0 Å². The fourth-order valence-corrected chi connectivity index (χ4v) is 3.91. The van der Waals surface area contributed by atoms with Crippen LogP contribution in [0.1, 0.15) is 16.7 Å². The molecule has 0 unspecified atom stereocenters. The lowest BCUT2D eigenvalue weighted by atomic mass is 10.1. The van der Waals surface area contributed by atoms with E-state index in [0.717, 1.165) is 16.6 Å². The van der Waals surface area contributed by atoms with E-state index in [1.807, 2.05) is 47.9 Å². The molecule has 4 rings (SSSR count). The summed E-state index contributed by atoms with van der Waals surface area (Å²) in [4.78, 5) is 23.7. The van der Waals surface area contributed by atoms with E-state index in [1.165, 1.54) is 23.0 Å². The monoisotopic (exact) mass is 362 g/mol. The van der Waals surface area contributed by atoms with Gasteiger partial charge in [0.25, 0.3) is 5.56 Å². The topological polar surface area (TPSA) is 63.6 Å². The molecule has 2 heterocycles. The molecule has 0 saturated heterocycles. The number of nitrogens with one attached hydrogen (secondary N) is 1. The van der Waals surface area contributed by atoms with Gasteiger partial charge in [0.1, 0.15) is 0 Å². The van der Waals surface area contributed by atoms with Crippen LogP contribution in [0.25, 0.3) is 16.9 Å². The molecule has 0 saturated carbocycles. The smallest absolute Gasteiger partial charge is 0.278 e. The van der Waals surface area contributed by atoms with Crippen molar-refractivity contribution in [2.45, 2.75) is 24.8 Å². The lowest BCUT2D eigenvalue weighted by molar-refractivity contribution is 0.907. The van der Waals surface area contributed by atoms with Crippen molar-refractivity contribution in [1.82, 2.24) is 19.5 Å². The zero-order valence-electron chi connectivity index (χ0n) is 14.6. The predicted molar refractivity (Wildman–Crippen MR) is 105 cm³/mol. The molecule has 2 aromatic carbocycles. The predicted octanol–water partition coefficient (Wildman–Crippen LogP) is 4.02. The number of hydrogen-bond acceptors (Lipinski definition) is 4. The Kier molecular flexibility index (Phi) is 4.34. The summed E-state index contributed by atoms with van der Waals surface area (Å²) in [5.74, 6) is 0.778. The summed E-state index contributed by atoms with van der Waals surface area (Å²) in [7, 11) is 0. The van der Waals surface area contributed by atoms with Gasteiger partial charge < -0.3 is 4.98 Å². The van der Waals surface area contributed by atoms with E-state index in [4.69, 9.17) is 0 Å². The lowest BCUT2D eigenvalue weighted by Crippen LogP contribution is -2.07. The second-order valence-corrected chi connectivity index (χ2v) is 7.13. The SMILES string of the molecule is Cc1ccc(-n2c(SCc3ccccc3C)nc3c(=O)[nH]cnc32)cc1. The number of H-pyrrole nitrogens is 1. The highest BCUT2D eigenvalue weighted by molar-refractivity contribution is 7.98. The molecule has 4 aromatic rings. The van der Waals surface area contributed by atoms with Crippen molar-refractivity contribution in [2.75, 3.05) is 0 Å². The first-order valence-electron chi connectivity index (χ1n) is 8.34. The second-order valence-electron chi connectivity index (χ2n) is 6.18. The first-order valence-corrected chi connectivity index (χ1v) is 9.32. The maximum atomic E-state index is 12.2. The zero-order valence-corrected chi connectivity index (χ0v) is 15.4. The van der Waals surface area contributed by atoms with Gasteiger partial charge in [-0.3, -0.25) is 9.36 Å². The molecule has 0 bridgehead atoms. The number of aromatic nitrogens is 4. The molecule has 2 aromatic heterocycles. The Morgan fingerprint density at radius 3 is 2.62 bits per heavy atom. The van der Waals surface area contributed by atoms with Crippen LogP contribution in [0.5, 0.6) is 0 Å². The highest BCUT2D eigenvalue weighted by atomic mass is 32.2. The fourth-order valence-electron chi connectivity index (χ4n) is 2.82. The molecule has 0 aliphatic rings. The number of benzene rings is 2. The number of hydrogen-bond donors (Lipinski definition) is 1. The van der Waals surface area contributed by atoms with Crippen molar-refractivity contribution < 1.29 is 0 Å². The number of nitrogens with zero attached hydrogens (tertiary/aromatic N) is 3. The number of thioether (sulfide) groups is 1. The quantitative estimate of drug-likeness (QED) is 0.557. The first-order chi connectivity index (χ1) is 12.6. The van der Waals surface area contributed by atoms with Gasteiger partial charge in [-0.1, -0.05) is 53.7 Å². The molecule has 0 aliphatic carbocycles. The van der Waals surface area contributed by atoms with E-state index in [1.54, 1.807) is 11.8 Å². The minimum Gasteiger partial charge on any atom is -0.311 e. The Hall–Kier alpha value is -2.86. The van der Waals surface area contributed by atoms with Crippen LogP contribution < -0.4 is 5.56 Å². The molecule has 5 nitrogen and oxygen atoms in total. The van der Waals surface area contributed by atoms with Crippen LogP contribution in [0.4, 0.5) is 0 Å². The van der Waals surface area contributed by atoms with Crippen molar-refractivity contribution in [3.63, 3.8) is 0 Å². The summed E-state index contributed by atoms with van der Waals surface area (Å²) in [6, 6.07) is 16.4. The van der Waals surface area contributed by atoms with Crippen LogP contribution in [0.3, 0.4) is 0 Å². The molecule has 1 N–H and O–H groups in total. The summed E-state index contributed by atoms with van der Waals surface area (Å²) >= 11 is 1.61. The number of aryl methyl sites for hydroxylation is 2. The third-order valence-electron chi connectivity index (χ3n) is 4.33. The molecular weight excluding hydrogens is 344 g/mol. The number of imidazole rings is 1. The van der Waals surface area contributed by atoms with E-state index in [2.05, 4.69) is 34.0 Å². The zero-order chi connectivity index (χ0) is 18.1. The summed E-state index contributed by atoms with van der Waals surface area (Å²) in [6.45, 7) is 4.15. The first kappa shape index (κ1) is 16.6. The molecule has 0 radical (unpaired) electrons. The van der Waals surface area contributed by atoms with Gasteiger partial charge in [-0.25, -0.2) is 9.97 Å². The Morgan fingerprint density at radius 1 is 1.08 bits per heavy atom. The maximum absolute atomic E-state index is 12.2. The second kappa shape index (κ2) is 6.80. The fraction of sp³-hybridized carbons (Fsp3) is 0.150. The number of rotatable bonds is 4. The highest BCUT2D eigenvalue weighted by Gasteiger charge is 2.16. The maximum Gasteiger partial charge on any atom is 0.278 e. The van der Waals surface area contributed by atoms with E-state index >= 15 is 0 Å². The number of aromatic amines is 1. The minimum atomic E-state index is -0.224. The summed E-state index contributed by atoms with van der Waals surface area (Å²) in [6.07, 6.45) is 1.42. The van der Waals surface area contributed by atoms with Gasteiger partial charge in [0.05, 0.1) is 6.33 Å². The van der Waals surface area contributed by atoms with Crippen LogP contribution >= 0.6 is 11.8 Å². The van der Waals surface area contributed by atoms with Gasteiger partial charge >= 0.3 is 0 Å². The van der Waals surface area contributed by atoms with Crippen molar-refractivity contribution in [1.29, 1.82) is 0 Å². The van der Waals surface area contributed by atoms with Gasteiger partial charge in [-0.15, -0.1) is 0 Å². The van der Waals surface area contributed by atoms with Crippen LogP contribution in [0.15, 0.2) is 64.8 Å². The molecule has 0 spiro atoms. The standard InChI is InChI=1S/C20H18N4OS/c1-13-7-9-16(10-8-13)24-18-17(19(25)22-12-21-18)23-20(24)26-11-15-6-4-3-5-14(15)2/h3-10,12H,11H2,1-2H3,(H,21,22,25). The van der Waals surface area contributed by atoms with Crippen molar-refractivity contribution in [3.8, 4) is 5.69 Å². The van der Waals surface area contributed by atoms with Crippen LogP contribution in [-0.2, 0) is 5.75 Å². The van der Waals surface area contributed by atoms with Crippen molar-refractivity contribution in [3.05, 3.63) is 81.9 Å². The molecule has 0 aliphatic heterocycles. The molecule has 0 amide bonds. The molecule has 0 atom stereocenters. The van der Waals surface area contributed by atoms with E-state index < -0.39 is 0 Å². The average molecular weight is 362 g/mol. The van der Waals surface area contributed by atoms with Crippen molar-refractivity contribution in [2.24, 2.45) is 0 Å². The van der Waals surface area contributed by atoms with Gasteiger partial charge in [0.15, 0.2) is 16.3 Å². The van der Waals surface area contributed by atoms with Crippen molar-refractivity contribution >= 4 is 22.9 Å². The molecule has 6 heteroatoms. The van der Waals surface area contributed by atoms with E-state index in [9.17, 15) is 4.79 Å². The third-order valence-corrected chi connectivity index (χ3v) is 5.32. The normalized spacial score (nSPS) is 11.2. The van der Waals surface area contributed by atoms with Gasteiger partial charge in [-0.05, 0) is 37.1 Å². The molecule has 0 fully saturated rings. The summed E-state index contributed by atoms with van der Waals surface area (Å²) in [5, 5.41) is 0.760. The third kappa shape index (κ3) is 3.04. The Morgan fingerprint density at radius 2 is 1.85 bits per heavy atom. The van der Waals surface area contributed by atoms with Gasteiger partial charge in [-0.2, -0.15) is 0 Å². The lowest BCUT2D eigenvalue weighted by Gasteiger charge is -2.09. The van der Waals surface area contributed by atoms with E-state index in [-0.39, 0.29) is 5.56 Å². The molecular formula is C20H18N4OS. The molecule has 130 valence electrons. The van der Waals surface area contributed by atoms with Crippen LogP contribution in [0.2, 0.25) is 0 Å². The van der Waals surface area contributed by atoms with E-state index in [0.29, 0.717) is 11.2 Å². The average Bonchev–Trinajstić information content (AvgIpc) is 3.02. The summed E-state index contributed by atoms with van der Waals surface area (Å²) < 4.78 is 1.95. The van der Waals surface area contributed by atoms with Crippen LogP contribution in [-0.4, -0.2) is 19.5 Å². The van der Waals surface area contributed by atoms with Gasteiger partial charge in [0, 0.05) is 11.4 Å². The summed E-state index contributed by atoms with van der Waals surface area (Å²) in [5.41, 5.74) is 5.33. The number of fused-ring (bicyclic) bond motifs is 1.